The summed E-state index contributed by atoms with van der Waals surface area (Å²) in [6.07, 6.45) is 0. The Balaban J connectivity index is 2.71. The number of hydrogen-bond donors (Lipinski definition) is 3. The average Bonchev–Trinajstić information content (AvgIpc) is 2.70. The van der Waals surface area contributed by atoms with Gasteiger partial charge in [0.2, 0.25) is 0 Å². The van der Waals surface area contributed by atoms with Crippen LogP contribution in [0.15, 0.2) is 23.0 Å². The fourth-order valence-corrected chi connectivity index (χ4v) is 1.69. The first-order valence-corrected chi connectivity index (χ1v) is 5.09. The Bertz CT molecular complexity index is 719. The van der Waals surface area contributed by atoms with Crippen LogP contribution in [-0.4, -0.2) is 21.3 Å². The Morgan fingerprint density at radius 2 is 2.11 bits per heavy atom. The molecule has 2 aromatic rings. The highest BCUT2D eigenvalue weighted by Gasteiger charge is 2.15. The lowest BCUT2D eigenvalue weighted by atomic mass is 10.0. The predicted octanol–water partition coefficient (Wildman–Crippen LogP) is 1.25. The molecule has 1 aromatic heterocycles. The molecule has 0 bridgehead atoms. The van der Waals surface area contributed by atoms with Crippen molar-refractivity contribution in [3.63, 3.8) is 0 Å². The van der Waals surface area contributed by atoms with Crippen LogP contribution < -0.4 is 5.56 Å². The van der Waals surface area contributed by atoms with E-state index in [4.69, 9.17) is 10.4 Å². The largest absolute Gasteiger partial charge is 0.478 e. The summed E-state index contributed by atoms with van der Waals surface area (Å²) >= 11 is 0. The molecule has 0 saturated heterocycles. The minimum atomic E-state index is -1.06. The van der Waals surface area contributed by atoms with Gasteiger partial charge in [0.05, 0.1) is 11.3 Å². The molecule has 0 amide bonds. The number of hydrogen-bond acceptors (Lipinski definition) is 3. The van der Waals surface area contributed by atoms with E-state index in [-0.39, 0.29) is 11.1 Å². The van der Waals surface area contributed by atoms with Gasteiger partial charge in [0.25, 0.3) is 5.56 Å². The summed E-state index contributed by atoms with van der Waals surface area (Å²) in [7, 11) is 0. The van der Waals surface area contributed by atoms with Gasteiger partial charge in [-0.25, -0.2) is 4.79 Å². The highest BCUT2D eigenvalue weighted by Crippen LogP contribution is 2.24. The lowest BCUT2D eigenvalue weighted by Crippen LogP contribution is -2.02. The Hall–Kier alpha value is -2.81. The number of nitrogens with zero attached hydrogens (tertiary/aromatic N) is 1. The maximum Gasteiger partial charge on any atom is 0.335 e. The quantitative estimate of drug-likeness (QED) is 0.737. The second-order valence-electron chi connectivity index (χ2n) is 3.78. The Morgan fingerprint density at radius 3 is 2.72 bits per heavy atom. The van der Waals surface area contributed by atoms with Gasteiger partial charge in [0, 0.05) is 5.56 Å². The first-order valence-electron chi connectivity index (χ1n) is 5.09. The summed E-state index contributed by atoms with van der Waals surface area (Å²) in [5.41, 5.74) is 1.12. The van der Waals surface area contributed by atoms with Gasteiger partial charge >= 0.3 is 5.97 Å². The van der Waals surface area contributed by atoms with E-state index in [0.29, 0.717) is 11.3 Å². The monoisotopic (exact) mass is 243 g/mol. The van der Waals surface area contributed by atoms with E-state index >= 15 is 0 Å². The van der Waals surface area contributed by atoms with Crippen molar-refractivity contribution < 1.29 is 9.90 Å². The van der Waals surface area contributed by atoms with Crippen LogP contribution in [0, 0.1) is 18.3 Å². The fraction of sp³-hybridized carbons (Fsp3) is 0.0833. The first kappa shape index (κ1) is 11.7. The average molecular weight is 243 g/mol. The predicted molar refractivity (Wildman–Crippen MR) is 63.3 cm³/mol. The van der Waals surface area contributed by atoms with E-state index < -0.39 is 11.5 Å². The van der Waals surface area contributed by atoms with Gasteiger partial charge in [0.1, 0.15) is 11.6 Å². The smallest absolute Gasteiger partial charge is 0.335 e. The third kappa shape index (κ3) is 1.78. The maximum atomic E-state index is 11.3. The number of nitriles is 1. The van der Waals surface area contributed by atoms with Crippen LogP contribution in [0.25, 0.3) is 11.3 Å². The number of nitrogens with one attached hydrogen (secondary N) is 2. The van der Waals surface area contributed by atoms with Crippen molar-refractivity contribution in [2.75, 3.05) is 0 Å². The van der Waals surface area contributed by atoms with Crippen molar-refractivity contribution in [3.05, 3.63) is 45.2 Å². The highest BCUT2D eigenvalue weighted by molar-refractivity contribution is 5.90. The molecule has 6 heteroatoms. The lowest BCUT2D eigenvalue weighted by Gasteiger charge is -2.05. The number of carboxylic acids is 1. The van der Waals surface area contributed by atoms with Gasteiger partial charge in [0.15, 0.2) is 0 Å². The number of carboxylic acid groups (broad SMARTS) is 1. The number of aromatic nitrogens is 2. The molecular weight excluding hydrogens is 234 g/mol. The van der Waals surface area contributed by atoms with E-state index in [0.717, 1.165) is 5.56 Å². The van der Waals surface area contributed by atoms with Gasteiger partial charge in [-0.3, -0.25) is 15.0 Å². The van der Waals surface area contributed by atoms with Gasteiger partial charge in [-0.2, -0.15) is 5.26 Å². The van der Waals surface area contributed by atoms with Gasteiger partial charge < -0.3 is 5.11 Å². The molecule has 0 fully saturated rings. The van der Waals surface area contributed by atoms with E-state index in [9.17, 15) is 9.59 Å². The van der Waals surface area contributed by atoms with Crippen LogP contribution in [0.1, 0.15) is 21.5 Å². The van der Waals surface area contributed by atoms with E-state index in [1.165, 1.54) is 12.1 Å². The molecule has 1 aromatic carbocycles. The number of aromatic carboxylic acids is 1. The molecule has 0 unspecified atom stereocenters. The maximum absolute atomic E-state index is 11.3. The third-order valence-electron chi connectivity index (χ3n) is 2.64. The topological polar surface area (TPSA) is 110 Å². The Labute approximate surface area is 101 Å². The van der Waals surface area contributed by atoms with Crippen LogP contribution >= 0.6 is 0 Å². The highest BCUT2D eigenvalue weighted by atomic mass is 16.4. The zero-order valence-electron chi connectivity index (χ0n) is 9.44. The summed E-state index contributed by atoms with van der Waals surface area (Å²) in [6, 6.07) is 6.32. The van der Waals surface area contributed by atoms with Crippen molar-refractivity contribution in [1.82, 2.24) is 10.2 Å². The SMILES string of the molecule is Cc1ccc(C(=O)O)cc1-c1[nH][nH]c(=O)c1C#N. The van der Waals surface area contributed by atoms with E-state index in [1.807, 2.05) is 0 Å². The summed E-state index contributed by atoms with van der Waals surface area (Å²) in [5, 5.41) is 22.8. The molecule has 0 aliphatic carbocycles. The number of rotatable bonds is 2. The molecule has 18 heavy (non-hydrogen) atoms. The molecule has 2 rings (SSSR count). The molecule has 90 valence electrons. The van der Waals surface area contributed by atoms with Crippen molar-refractivity contribution in [2.45, 2.75) is 6.92 Å². The minimum Gasteiger partial charge on any atom is -0.478 e. The van der Waals surface area contributed by atoms with E-state index in [2.05, 4.69) is 10.2 Å². The lowest BCUT2D eigenvalue weighted by molar-refractivity contribution is 0.0697. The number of benzene rings is 1. The molecule has 0 atom stereocenters. The number of carbonyl (C=O) groups is 1. The molecule has 0 aliphatic rings. The van der Waals surface area contributed by atoms with Crippen LogP contribution in [-0.2, 0) is 0 Å². The first-order chi connectivity index (χ1) is 8.54. The molecule has 0 saturated carbocycles. The standard InChI is InChI=1S/C12H9N3O3/c1-6-2-3-7(12(17)18)4-8(6)10-9(5-13)11(16)15-14-10/h2-4H,1H3,(H,17,18)(H2,14,15,16). The second kappa shape index (κ2) is 4.22. The molecule has 3 N–H and O–H groups in total. The Morgan fingerprint density at radius 1 is 1.39 bits per heavy atom. The van der Waals surface area contributed by atoms with E-state index in [1.54, 1.807) is 19.1 Å². The van der Waals surface area contributed by atoms with Crippen molar-refractivity contribution >= 4 is 5.97 Å². The van der Waals surface area contributed by atoms with Crippen LogP contribution in [0.5, 0.6) is 0 Å². The number of aryl methyl sites for hydroxylation is 1. The van der Waals surface area contributed by atoms with Crippen molar-refractivity contribution in [3.8, 4) is 17.3 Å². The normalized spacial score (nSPS) is 10.0. The molecule has 0 spiro atoms. The fourth-order valence-electron chi connectivity index (χ4n) is 1.69. The Kier molecular flexibility index (Phi) is 2.73. The third-order valence-corrected chi connectivity index (χ3v) is 2.64. The van der Waals surface area contributed by atoms with Gasteiger partial charge in [-0.15, -0.1) is 0 Å². The summed E-state index contributed by atoms with van der Waals surface area (Å²) in [4.78, 5) is 22.3. The summed E-state index contributed by atoms with van der Waals surface area (Å²) in [5.74, 6) is -1.06. The number of H-pyrrole nitrogens is 2. The molecular formula is C12H9N3O3. The molecule has 6 nitrogen and oxygen atoms in total. The van der Waals surface area contributed by atoms with Gasteiger partial charge in [-0.1, -0.05) is 6.07 Å². The van der Waals surface area contributed by atoms with Crippen molar-refractivity contribution in [2.24, 2.45) is 0 Å². The van der Waals surface area contributed by atoms with Crippen LogP contribution in [0.3, 0.4) is 0 Å². The zero-order chi connectivity index (χ0) is 13.3. The van der Waals surface area contributed by atoms with Gasteiger partial charge in [-0.05, 0) is 24.6 Å². The summed E-state index contributed by atoms with van der Waals surface area (Å²) < 4.78 is 0. The van der Waals surface area contributed by atoms with Crippen LogP contribution in [0.4, 0.5) is 0 Å². The molecule has 0 aliphatic heterocycles. The summed E-state index contributed by atoms with van der Waals surface area (Å²) in [6.45, 7) is 1.77. The van der Waals surface area contributed by atoms with Crippen molar-refractivity contribution in [1.29, 1.82) is 5.26 Å². The second-order valence-corrected chi connectivity index (χ2v) is 3.78. The molecule has 0 radical (unpaired) electrons. The zero-order valence-corrected chi connectivity index (χ0v) is 9.44. The molecule has 1 heterocycles. The number of aromatic amines is 2. The minimum absolute atomic E-state index is 0.0550. The van der Waals surface area contributed by atoms with Crippen LogP contribution in [0.2, 0.25) is 0 Å².